The number of para-hydroxylation sites is 4. The Morgan fingerprint density at radius 2 is 0.391 bits per heavy atom. The summed E-state index contributed by atoms with van der Waals surface area (Å²) in [5.74, 6) is 0. The van der Waals surface area contributed by atoms with Crippen molar-refractivity contribution in [3.8, 4) is 11.1 Å². The van der Waals surface area contributed by atoms with Crippen molar-refractivity contribution in [3.63, 3.8) is 0 Å². The van der Waals surface area contributed by atoms with Gasteiger partial charge in [-0.1, -0.05) is 152 Å². The van der Waals surface area contributed by atoms with E-state index in [2.05, 4.69) is 180 Å². The Labute approximate surface area is 279 Å². The van der Waals surface area contributed by atoms with Crippen molar-refractivity contribution in [2.75, 3.05) is 9.80 Å². The first-order valence-electron chi connectivity index (χ1n) is 16.9. The summed E-state index contributed by atoms with van der Waals surface area (Å²) < 4.78 is 0. The molecule has 6 aromatic rings. The lowest BCUT2D eigenvalue weighted by molar-refractivity contribution is 1.28. The van der Waals surface area contributed by atoms with Crippen LogP contribution in [0.15, 0.2) is 170 Å². The van der Waals surface area contributed by atoms with E-state index in [1.807, 2.05) is 55.4 Å². The van der Waals surface area contributed by atoms with Gasteiger partial charge in [-0.15, -0.1) is 0 Å². The molecule has 0 aliphatic rings. The lowest BCUT2D eigenvalue weighted by Crippen LogP contribution is -2.09. The summed E-state index contributed by atoms with van der Waals surface area (Å²) >= 11 is 0. The smallest absolute Gasteiger partial charge is 0.0462 e. The van der Waals surface area contributed by atoms with Crippen LogP contribution in [0.25, 0.3) is 11.1 Å². The molecule has 0 heterocycles. The van der Waals surface area contributed by atoms with Crippen LogP contribution in [0.1, 0.15) is 55.4 Å². The van der Waals surface area contributed by atoms with Crippen LogP contribution in [0.2, 0.25) is 0 Å². The highest BCUT2D eigenvalue weighted by atomic mass is 15.1. The molecule has 2 heteroatoms. The van der Waals surface area contributed by atoms with Crippen molar-refractivity contribution in [2.45, 2.75) is 55.4 Å². The van der Waals surface area contributed by atoms with Crippen molar-refractivity contribution >= 4 is 34.1 Å². The third kappa shape index (κ3) is 9.97. The third-order valence-electron chi connectivity index (χ3n) is 6.64. The van der Waals surface area contributed by atoms with Gasteiger partial charge in [0.25, 0.3) is 0 Å². The van der Waals surface area contributed by atoms with Crippen molar-refractivity contribution in [3.05, 3.63) is 170 Å². The molecule has 0 amide bonds. The minimum Gasteiger partial charge on any atom is -0.311 e. The van der Waals surface area contributed by atoms with E-state index in [-0.39, 0.29) is 0 Å². The Morgan fingerprint density at radius 3 is 0.587 bits per heavy atom. The average Bonchev–Trinajstić information content (AvgIpc) is 3.17. The molecule has 0 N–H and O–H groups in total. The minimum atomic E-state index is 1.13. The van der Waals surface area contributed by atoms with Crippen molar-refractivity contribution in [2.24, 2.45) is 0 Å². The Hall–Kier alpha value is -5.08. The molecule has 0 saturated heterocycles. The molecular formula is C44H52N2. The topological polar surface area (TPSA) is 6.48 Å². The maximum Gasteiger partial charge on any atom is 0.0462 e. The van der Waals surface area contributed by atoms with E-state index < -0.39 is 0 Å². The molecule has 0 radical (unpaired) electrons. The minimum absolute atomic E-state index is 1.13. The largest absolute Gasteiger partial charge is 0.311 e. The number of rotatable bonds is 7. The second-order valence-electron chi connectivity index (χ2n) is 9.11. The Morgan fingerprint density at radius 1 is 0.217 bits per heavy atom. The fraction of sp³-hybridized carbons (Fsp3) is 0.182. The van der Waals surface area contributed by atoms with Gasteiger partial charge in [-0.05, 0) is 83.9 Å². The number of hydrogen-bond acceptors (Lipinski definition) is 2. The van der Waals surface area contributed by atoms with Gasteiger partial charge in [0.15, 0.2) is 0 Å². The van der Waals surface area contributed by atoms with Crippen LogP contribution in [0.4, 0.5) is 34.1 Å². The van der Waals surface area contributed by atoms with Crippen LogP contribution in [-0.2, 0) is 0 Å². The highest BCUT2D eigenvalue weighted by Crippen LogP contribution is 2.37. The number of anilines is 6. The van der Waals surface area contributed by atoms with Gasteiger partial charge in [0.05, 0.1) is 0 Å². The molecule has 0 aliphatic heterocycles. The van der Waals surface area contributed by atoms with Crippen molar-refractivity contribution < 1.29 is 0 Å². The number of benzene rings is 6. The summed E-state index contributed by atoms with van der Waals surface area (Å²) in [6.07, 6.45) is 0. The molecule has 0 fully saturated rings. The van der Waals surface area contributed by atoms with Crippen LogP contribution in [0.5, 0.6) is 0 Å². The van der Waals surface area contributed by atoms with E-state index in [0.717, 1.165) is 34.1 Å². The van der Waals surface area contributed by atoms with Crippen molar-refractivity contribution in [1.29, 1.82) is 0 Å². The van der Waals surface area contributed by atoms with Crippen LogP contribution in [0.3, 0.4) is 0 Å². The maximum absolute atomic E-state index is 2.28. The average molecular weight is 609 g/mol. The van der Waals surface area contributed by atoms with Crippen LogP contribution in [-0.4, -0.2) is 0 Å². The quantitative estimate of drug-likeness (QED) is 0.178. The first-order chi connectivity index (χ1) is 22.9. The van der Waals surface area contributed by atoms with E-state index in [1.165, 1.54) is 11.1 Å². The predicted octanol–water partition coefficient (Wildman–Crippen LogP) is 14.4. The summed E-state index contributed by atoms with van der Waals surface area (Å²) in [4.78, 5) is 4.56. The first kappa shape index (κ1) is 37.1. The summed E-state index contributed by atoms with van der Waals surface area (Å²) in [5.41, 5.74) is 9.18. The summed E-state index contributed by atoms with van der Waals surface area (Å²) in [6, 6.07) is 59.6. The van der Waals surface area contributed by atoms with Gasteiger partial charge in [-0.2, -0.15) is 0 Å². The molecule has 0 bridgehead atoms. The van der Waals surface area contributed by atoms with Gasteiger partial charge in [0.2, 0.25) is 0 Å². The molecule has 0 spiro atoms. The van der Waals surface area contributed by atoms with Crippen molar-refractivity contribution in [1.82, 2.24) is 0 Å². The molecule has 0 unspecified atom stereocenters. The van der Waals surface area contributed by atoms with E-state index in [0.29, 0.717) is 0 Å². The normalized spacial score (nSPS) is 9.30. The summed E-state index contributed by atoms with van der Waals surface area (Å²) in [6.45, 7) is 16.0. The zero-order valence-corrected chi connectivity index (χ0v) is 29.1. The maximum atomic E-state index is 2.28. The standard InChI is InChI=1S/C36H28N2.4C2H6/c1-5-13-31(14-6-1)37(32-15-7-2-8-16-32)35-25-21-29(22-26-35)30-23-27-36(28-24-30)38(33-17-9-3-10-18-33)34-19-11-4-12-20-34;4*1-2/h1-28H;4*1-2H3. The first-order valence-corrected chi connectivity index (χ1v) is 16.9. The lowest BCUT2D eigenvalue weighted by atomic mass is 10.0. The highest BCUT2D eigenvalue weighted by molar-refractivity contribution is 5.80. The molecule has 0 atom stereocenters. The molecule has 0 saturated carbocycles. The Bertz CT molecular complexity index is 1360. The third-order valence-corrected chi connectivity index (χ3v) is 6.64. The number of hydrogen-bond donors (Lipinski definition) is 0. The summed E-state index contributed by atoms with van der Waals surface area (Å²) in [7, 11) is 0. The monoisotopic (exact) mass is 608 g/mol. The zero-order chi connectivity index (χ0) is 33.6. The zero-order valence-electron chi connectivity index (χ0n) is 29.1. The fourth-order valence-electron chi connectivity index (χ4n) is 4.81. The lowest BCUT2D eigenvalue weighted by Gasteiger charge is -2.26. The Kier molecular flexibility index (Phi) is 17.4. The van der Waals surface area contributed by atoms with Gasteiger partial charge in [0.1, 0.15) is 0 Å². The van der Waals surface area contributed by atoms with Crippen LogP contribution >= 0.6 is 0 Å². The van der Waals surface area contributed by atoms with Crippen LogP contribution in [0, 0.1) is 0 Å². The summed E-state index contributed by atoms with van der Waals surface area (Å²) in [5, 5.41) is 0. The predicted molar refractivity (Wildman–Crippen MR) is 207 cm³/mol. The molecule has 238 valence electrons. The highest BCUT2D eigenvalue weighted by Gasteiger charge is 2.14. The molecule has 0 aliphatic carbocycles. The second-order valence-corrected chi connectivity index (χ2v) is 9.11. The van der Waals surface area contributed by atoms with Gasteiger partial charge >= 0.3 is 0 Å². The van der Waals surface area contributed by atoms with Gasteiger partial charge in [-0.3, -0.25) is 0 Å². The van der Waals surface area contributed by atoms with E-state index in [4.69, 9.17) is 0 Å². The molecule has 6 aromatic carbocycles. The SMILES string of the molecule is CC.CC.CC.CC.c1ccc(N(c2ccccc2)c2ccc(-c3ccc(N(c4ccccc4)c4ccccc4)cc3)cc2)cc1. The molecule has 6 rings (SSSR count). The molecule has 46 heavy (non-hydrogen) atoms. The van der Waals surface area contributed by atoms with Crippen LogP contribution < -0.4 is 9.80 Å². The second kappa shape index (κ2) is 21.6. The molecule has 2 nitrogen and oxygen atoms in total. The van der Waals surface area contributed by atoms with E-state index in [1.54, 1.807) is 0 Å². The van der Waals surface area contributed by atoms with Gasteiger partial charge in [0, 0.05) is 34.1 Å². The Balaban J connectivity index is 0.000000856. The van der Waals surface area contributed by atoms with Gasteiger partial charge < -0.3 is 9.80 Å². The molecular weight excluding hydrogens is 556 g/mol. The van der Waals surface area contributed by atoms with Gasteiger partial charge in [-0.25, -0.2) is 0 Å². The fourth-order valence-corrected chi connectivity index (χ4v) is 4.81. The van der Waals surface area contributed by atoms with E-state index in [9.17, 15) is 0 Å². The van der Waals surface area contributed by atoms with E-state index >= 15 is 0 Å². The molecule has 0 aromatic heterocycles. The number of nitrogens with zero attached hydrogens (tertiary/aromatic N) is 2.